The Bertz CT molecular complexity index is 592. The summed E-state index contributed by atoms with van der Waals surface area (Å²) < 4.78 is 0. The van der Waals surface area contributed by atoms with Crippen LogP contribution in [0.2, 0.25) is 0 Å². The maximum absolute atomic E-state index is 7.37. The number of pyridine rings is 1. The molecule has 1 aliphatic rings. The smallest absolute Gasteiger partial charge is 0.141 e. The SMILES string of the molecule is N=C(N)c1ccc(N2CCc3ccccc3CC2)cn1. The van der Waals surface area contributed by atoms with Crippen molar-refractivity contribution in [1.29, 1.82) is 5.41 Å². The molecule has 0 saturated heterocycles. The molecule has 4 nitrogen and oxygen atoms in total. The van der Waals surface area contributed by atoms with Crippen molar-refractivity contribution in [3.05, 3.63) is 59.4 Å². The molecule has 0 saturated carbocycles. The van der Waals surface area contributed by atoms with Gasteiger partial charge in [0.25, 0.3) is 0 Å². The summed E-state index contributed by atoms with van der Waals surface area (Å²) >= 11 is 0. The summed E-state index contributed by atoms with van der Waals surface area (Å²) in [7, 11) is 0. The molecule has 1 aromatic heterocycles. The van der Waals surface area contributed by atoms with E-state index < -0.39 is 0 Å². The van der Waals surface area contributed by atoms with Crippen molar-refractivity contribution in [2.75, 3.05) is 18.0 Å². The Balaban J connectivity index is 1.78. The zero-order valence-electron chi connectivity index (χ0n) is 11.3. The van der Waals surface area contributed by atoms with Gasteiger partial charge in [0.05, 0.1) is 11.9 Å². The van der Waals surface area contributed by atoms with Crippen molar-refractivity contribution < 1.29 is 0 Å². The second-order valence-electron chi connectivity index (χ2n) is 5.07. The van der Waals surface area contributed by atoms with Crippen LogP contribution in [0.15, 0.2) is 42.6 Å². The van der Waals surface area contributed by atoms with Gasteiger partial charge >= 0.3 is 0 Å². The number of benzene rings is 1. The predicted octanol–water partition coefficient (Wildman–Crippen LogP) is 1.97. The third kappa shape index (κ3) is 2.50. The van der Waals surface area contributed by atoms with Crippen LogP contribution in [0.5, 0.6) is 0 Å². The zero-order valence-corrected chi connectivity index (χ0v) is 11.3. The summed E-state index contributed by atoms with van der Waals surface area (Å²) in [5, 5.41) is 7.37. The first-order chi connectivity index (χ1) is 9.74. The van der Waals surface area contributed by atoms with Gasteiger partial charge in [-0.2, -0.15) is 0 Å². The Morgan fingerprint density at radius 2 is 1.70 bits per heavy atom. The van der Waals surface area contributed by atoms with Crippen LogP contribution in [0.25, 0.3) is 0 Å². The van der Waals surface area contributed by atoms with Gasteiger partial charge in [0.2, 0.25) is 0 Å². The van der Waals surface area contributed by atoms with Crippen LogP contribution < -0.4 is 10.6 Å². The number of nitrogen functional groups attached to an aromatic ring is 1. The molecular weight excluding hydrogens is 248 g/mol. The molecule has 0 spiro atoms. The molecule has 4 heteroatoms. The number of nitrogens with one attached hydrogen (secondary N) is 1. The highest BCUT2D eigenvalue weighted by Gasteiger charge is 2.14. The van der Waals surface area contributed by atoms with Crippen LogP contribution in [-0.2, 0) is 12.8 Å². The first kappa shape index (κ1) is 12.7. The Kier molecular flexibility index (Phi) is 3.37. The fraction of sp³-hybridized carbons (Fsp3) is 0.250. The van der Waals surface area contributed by atoms with Crippen LogP contribution >= 0.6 is 0 Å². The van der Waals surface area contributed by atoms with Crippen LogP contribution in [0, 0.1) is 5.41 Å². The highest BCUT2D eigenvalue weighted by atomic mass is 15.1. The van der Waals surface area contributed by atoms with E-state index in [0.717, 1.165) is 31.6 Å². The monoisotopic (exact) mass is 266 g/mol. The minimum absolute atomic E-state index is 0.0137. The van der Waals surface area contributed by atoms with E-state index in [2.05, 4.69) is 34.1 Å². The summed E-state index contributed by atoms with van der Waals surface area (Å²) in [6, 6.07) is 12.5. The Morgan fingerprint density at radius 3 is 2.20 bits per heavy atom. The number of amidine groups is 1. The van der Waals surface area contributed by atoms with Gasteiger partial charge in [-0.1, -0.05) is 24.3 Å². The minimum atomic E-state index is 0.0137. The second-order valence-corrected chi connectivity index (χ2v) is 5.07. The summed E-state index contributed by atoms with van der Waals surface area (Å²) in [6.07, 6.45) is 3.93. The normalized spacial score (nSPS) is 14.5. The van der Waals surface area contributed by atoms with Gasteiger partial charge < -0.3 is 10.6 Å². The average Bonchev–Trinajstić information content (AvgIpc) is 2.70. The average molecular weight is 266 g/mol. The summed E-state index contributed by atoms with van der Waals surface area (Å²) in [5.74, 6) is 0.0137. The van der Waals surface area contributed by atoms with Crippen molar-refractivity contribution in [2.24, 2.45) is 5.73 Å². The lowest BCUT2D eigenvalue weighted by Gasteiger charge is -2.22. The number of nitrogens with two attached hydrogens (primary N) is 1. The first-order valence-electron chi connectivity index (χ1n) is 6.86. The van der Waals surface area contributed by atoms with Gasteiger partial charge in [-0.25, -0.2) is 0 Å². The van der Waals surface area contributed by atoms with Gasteiger partial charge in [0, 0.05) is 13.1 Å². The largest absolute Gasteiger partial charge is 0.382 e. The molecule has 2 aromatic rings. The molecule has 1 aromatic carbocycles. The predicted molar refractivity (Wildman–Crippen MR) is 81.3 cm³/mol. The molecule has 0 aliphatic carbocycles. The van der Waals surface area contributed by atoms with Gasteiger partial charge in [-0.3, -0.25) is 10.4 Å². The highest BCUT2D eigenvalue weighted by molar-refractivity contribution is 5.93. The van der Waals surface area contributed by atoms with Crippen molar-refractivity contribution in [2.45, 2.75) is 12.8 Å². The topological polar surface area (TPSA) is 66.0 Å². The molecule has 20 heavy (non-hydrogen) atoms. The molecule has 0 unspecified atom stereocenters. The van der Waals surface area contributed by atoms with E-state index in [9.17, 15) is 0 Å². The van der Waals surface area contributed by atoms with Crippen molar-refractivity contribution in [3.8, 4) is 0 Å². The Hall–Kier alpha value is -2.36. The van der Waals surface area contributed by atoms with Gasteiger partial charge in [-0.05, 0) is 36.1 Å². The molecule has 0 bridgehead atoms. The number of aromatic nitrogens is 1. The second kappa shape index (κ2) is 5.33. The molecule has 0 radical (unpaired) electrons. The van der Waals surface area contributed by atoms with Gasteiger partial charge in [0.1, 0.15) is 11.5 Å². The number of hydrogen-bond donors (Lipinski definition) is 2. The van der Waals surface area contributed by atoms with E-state index in [1.807, 2.05) is 18.3 Å². The maximum Gasteiger partial charge on any atom is 0.141 e. The maximum atomic E-state index is 7.37. The molecule has 0 fully saturated rings. The summed E-state index contributed by atoms with van der Waals surface area (Å²) in [4.78, 5) is 6.59. The fourth-order valence-electron chi connectivity index (χ4n) is 2.66. The van der Waals surface area contributed by atoms with E-state index in [4.69, 9.17) is 11.1 Å². The summed E-state index contributed by atoms with van der Waals surface area (Å²) in [6.45, 7) is 2.00. The lowest BCUT2D eigenvalue weighted by Crippen LogP contribution is -2.26. The Morgan fingerprint density at radius 1 is 1.05 bits per heavy atom. The zero-order chi connectivity index (χ0) is 13.9. The van der Waals surface area contributed by atoms with Crippen LogP contribution in [0.4, 0.5) is 5.69 Å². The third-order valence-corrected chi connectivity index (χ3v) is 3.81. The molecule has 1 aliphatic heterocycles. The van der Waals surface area contributed by atoms with Crippen LogP contribution in [0.3, 0.4) is 0 Å². The number of anilines is 1. The Labute approximate surface area is 118 Å². The van der Waals surface area contributed by atoms with E-state index in [1.54, 1.807) is 0 Å². The van der Waals surface area contributed by atoms with Crippen molar-refractivity contribution in [3.63, 3.8) is 0 Å². The summed E-state index contributed by atoms with van der Waals surface area (Å²) in [5.41, 5.74) is 9.96. The molecule has 3 rings (SSSR count). The molecular formula is C16H18N4. The van der Waals surface area contributed by atoms with Gasteiger partial charge in [-0.15, -0.1) is 0 Å². The third-order valence-electron chi connectivity index (χ3n) is 3.81. The minimum Gasteiger partial charge on any atom is -0.382 e. The van der Waals surface area contributed by atoms with E-state index in [1.165, 1.54) is 11.1 Å². The van der Waals surface area contributed by atoms with E-state index >= 15 is 0 Å². The molecule has 2 heterocycles. The quantitative estimate of drug-likeness (QED) is 0.645. The van der Waals surface area contributed by atoms with Crippen LogP contribution in [-0.4, -0.2) is 23.9 Å². The first-order valence-corrected chi connectivity index (χ1v) is 6.86. The van der Waals surface area contributed by atoms with Crippen molar-refractivity contribution in [1.82, 2.24) is 4.98 Å². The van der Waals surface area contributed by atoms with Crippen LogP contribution in [0.1, 0.15) is 16.8 Å². The van der Waals surface area contributed by atoms with E-state index in [-0.39, 0.29) is 5.84 Å². The standard InChI is InChI=1S/C16H18N4/c17-16(18)15-6-5-14(11-19-15)20-9-7-12-3-1-2-4-13(12)8-10-20/h1-6,11H,7-10H2,(H3,17,18). The molecule has 0 amide bonds. The molecule has 102 valence electrons. The number of fused-ring (bicyclic) bond motifs is 1. The van der Waals surface area contributed by atoms with Gasteiger partial charge in [0.15, 0.2) is 0 Å². The number of rotatable bonds is 2. The van der Waals surface area contributed by atoms with Crippen molar-refractivity contribution >= 4 is 11.5 Å². The fourth-order valence-corrected chi connectivity index (χ4v) is 2.66. The molecule has 3 N–H and O–H groups in total. The lowest BCUT2D eigenvalue weighted by atomic mass is 10.0. The highest BCUT2D eigenvalue weighted by Crippen LogP contribution is 2.20. The molecule has 0 atom stereocenters. The number of hydrogen-bond acceptors (Lipinski definition) is 3. The number of nitrogens with zero attached hydrogens (tertiary/aromatic N) is 2. The van der Waals surface area contributed by atoms with E-state index in [0.29, 0.717) is 5.69 Å². The lowest BCUT2D eigenvalue weighted by molar-refractivity contribution is 0.803.